The molecule has 0 radical (unpaired) electrons. The SMILES string of the molecule is C=Cc1ccc(CN(c2ccccc2)S(=C)N2CCN(C3CCC3)CC2)cc1.CNN. The van der Waals surface area contributed by atoms with Crippen LogP contribution in [0, 0.1) is 0 Å². The van der Waals surface area contributed by atoms with Crippen molar-refractivity contribution in [1.29, 1.82) is 0 Å². The summed E-state index contributed by atoms with van der Waals surface area (Å²) in [5.74, 6) is 9.21. The molecule has 3 N–H and O–H groups in total. The molecule has 31 heavy (non-hydrogen) atoms. The minimum Gasteiger partial charge on any atom is -0.306 e. The van der Waals surface area contributed by atoms with Crippen LogP contribution in [0.15, 0.2) is 61.2 Å². The fraction of sp³-hybridized carbons (Fsp3) is 0.400. The molecule has 2 aromatic carbocycles. The Morgan fingerprint density at radius 1 is 1.06 bits per heavy atom. The largest absolute Gasteiger partial charge is 0.306 e. The van der Waals surface area contributed by atoms with Crippen LogP contribution in [-0.4, -0.2) is 54.3 Å². The van der Waals surface area contributed by atoms with E-state index in [1.54, 1.807) is 7.05 Å². The Balaban J connectivity index is 0.000000858. The van der Waals surface area contributed by atoms with Gasteiger partial charge >= 0.3 is 0 Å². The number of nitrogens with zero attached hydrogens (tertiary/aromatic N) is 3. The molecule has 0 aromatic heterocycles. The molecule has 2 fully saturated rings. The highest BCUT2D eigenvalue weighted by molar-refractivity contribution is 8.13. The van der Waals surface area contributed by atoms with Crippen LogP contribution >= 0.6 is 10.9 Å². The second-order valence-electron chi connectivity index (χ2n) is 8.00. The van der Waals surface area contributed by atoms with Crippen LogP contribution in [-0.2, 0) is 6.54 Å². The van der Waals surface area contributed by atoms with Crippen molar-refractivity contribution < 1.29 is 0 Å². The first kappa shape index (κ1) is 23.7. The van der Waals surface area contributed by atoms with Crippen molar-refractivity contribution >= 4 is 28.5 Å². The monoisotopic (exact) mass is 439 g/mol. The van der Waals surface area contributed by atoms with Crippen LogP contribution < -0.4 is 15.6 Å². The highest BCUT2D eigenvalue weighted by Gasteiger charge is 2.29. The van der Waals surface area contributed by atoms with Crippen LogP contribution in [0.3, 0.4) is 0 Å². The smallest absolute Gasteiger partial charge is 0.0552 e. The minimum atomic E-state index is -0.195. The standard InChI is InChI=1S/C24H31N3S.CH6N2/c1-3-21-12-14-22(15-13-21)20-27(24-8-5-4-6-9-24)28(2)26-18-16-25(17-19-26)23-10-7-11-23;1-3-2/h3-6,8-9,12-15,23H,1-2,7,10-11,16-20H2;3H,2H2,1H3. The van der Waals surface area contributed by atoms with Gasteiger partial charge in [-0.05, 0) is 59.9 Å². The summed E-state index contributed by atoms with van der Waals surface area (Å²) in [5, 5.41) is 0. The molecular formula is C25H37N5S. The molecule has 1 atom stereocenters. The van der Waals surface area contributed by atoms with Gasteiger partial charge in [0.15, 0.2) is 0 Å². The lowest BCUT2D eigenvalue weighted by Crippen LogP contribution is -2.51. The summed E-state index contributed by atoms with van der Waals surface area (Å²) in [6.07, 6.45) is 6.10. The van der Waals surface area contributed by atoms with Gasteiger partial charge in [-0.25, -0.2) is 4.31 Å². The number of para-hydroxylation sites is 1. The Labute approximate surface area is 190 Å². The average Bonchev–Trinajstić information content (AvgIpc) is 2.78. The highest BCUT2D eigenvalue weighted by atomic mass is 32.2. The molecule has 1 saturated carbocycles. The van der Waals surface area contributed by atoms with Gasteiger partial charge in [0.25, 0.3) is 0 Å². The lowest BCUT2D eigenvalue weighted by Gasteiger charge is -2.45. The van der Waals surface area contributed by atoms with Gasteiger partial charge in [-0.2, -0.15) is 0 Å². The van der Waals surface area contributed by atoms with Crippen molar-refractivity contribution in [3.63, 3.8) is 0 Å². The number of rotatable bonds is 7. The Hall–Kier alpha value is -1.96. The van der Waals surface area contributed by atoms with E-state index in [9.17, 15) is 0 Å². The molecule has 1 aliphatic carbocycles. The van der Waals surface area contributed by atoms with Crippen LogP contribution in [0.1, 0.15) is 30.4 Å². The van der Waals surface area contributed by atoms with Crippen molar-refractivity contribution in [3.05, 3.63) is 72.3 Å². The number of benzene rings is 2. The zero-order chi connectivity index (χ0) is 22.1. The molecule has 6 heteroatoms. The summed E-state index contributed by atoms with van der Waals surface area (Å²) in [7, 11) is 1.46. The lowest BCUT2D eigenvalue weighted by atomic mass is 9.91. The van der Waals surface area contributed by atoms with Gasteiger partial charge in [-0.1, -0.05) is 61.5 Å². The quantitative estimate of drug-likeness (QED) is 0.386. The van der Waals surface area contributed by atoms with Gasteiger partial charge in [-0.3, -0.25) is 16.2 Å². The molecule has 2 aliphatic rings. The normalized spacial score (nSPS) is 18.4. The van der Waals surface area contributed by atoms with E-state index in [4.69, 9.17) is 0 Å². The fourth-order valence-corrected chi connectivity index (χ4v) is 5.50. The maximum Gasteiger partial charge on any atom is 0.0552 e. The fourth-order valence-electron chi connectivity index (χ4n) is 3.98. The molecule has 0 spiro atoms. The first-order valence-electron chi connectivity index (χ1n) is 11.1. The number of hydrazine groups is 1. The third-order valence-corrected chi connectivity index (χ3v) is 7.81. The summed E-state index contributed by atoms with van der Waals surface area (Å²) in [6.45, 7) is 9.32. The number of piperazine rings is 1. The zero-order valence-corrected chi connectivity index (χ0v) is 19.6. The van der Waals surface area contributed by atoms with E-state index >= 15 is 0 Å². The summed E-state index contributed by atoms with van der Waals surface area (Å²) in [5.41, 5.74) is 5.97. The van der Waals surface area contributed by atoms with Crippen molar-refractivity contribution in [2.24, 2.45) is 5.84 Å². The molecule has 1 aliphatic heterocycles. The van der Waals surface area contributed by atoms with Crippen molar-refractivity contribution in [2.45, 2.75) is 31.8 Å². The van der Waals surface area contributed by atoms with Gasteiger partial charge in [0.2, 0.25) is 0 Å². The van der Waals surface area contributed by atoms with E-state index in [-0.39, 0.29) is 10.9 Å². The Morgan fingerprint density at radius 3 is 2.19 bits per heavy atom. The number of hydrogen-bond donors (Lipinski definition) is 2. The number of nitrogens with one attached hydrogen (secondary N) is 1. The number of hydrogen-bond acceptors (Lipinski definition) is 5. The van der Waals surface area contributed by atoms with Gasteiger partial charge in [0, 0.05) is 37.9 Å². The summed E-state index contributed by atoms with van der Waals surface area (Å²) >= 11 is 0. The van der Waals surface area contributed by atoms with E-state index in [0.717, 1.165) is 31.2 Å². The Morgan fingerprint density at radius 2 is 1.68 bits per heavy atom. The molecule has 0 bridgehead atoms. The van der Waals surface area contributed by atoms with E-state index in [2.05, 4.69) is 91.8 Å². The van der Waals surface area contributed by atoms with Crippen molar-refractivity contribution in [1.82, 2.24) is 14.6 Å². The maximum atomic E-state index is 4.62. The summed E-state index contributed by atoms with van der Waals surface area (Å²) in [6, 6.07) is 20.3. The van der Waals surface area contributed by atoms with Crippen LogP contribution in [0.2, 0.25) is 0 Å². The molecule has 0 amide bonds. The Bertz CT molecular complexity index is 812. The van der Waals surface area contributed by atoms with Gasteiger partial charge < -0.3 is 4.31 Å². The second kappa shape index (κ2) is 12.2. The molecule has 4 rings (SSSR count). The zero-order valence-electron chi connectivity index (χ0n) is 18.7. The highest BCUT2D eigenvalue weighted by Crippen LogP contribution is 2.34. The first-order chi connectivity index (χ1) is 15.2. The Kier molecular flexibility index (Phi) is 9.31. The van der Waals surface area contributed by atoms with Crippen molar-refractivity contribution in [3.8, 4) is 0 Å². The average molecular weight is 440 g/mol. The van der Waals surface area contributed by atoms with Gasteiger partial charge in [-0.15, -0.1) is 0 Å². The summed E-state index contributed by atoms with van der Waals surface area (Å²) in [4.78, 5) is 2.69. The minimum absolute atomic E-state index is 0.195. The van der Waals surface area contributed by atoms with E-state index in [1.165, 1.54) is 43.6 Å². The molecular weight excluding hydrogens is 402 g/mol. The number of nitrogens with two attached hydrogens (primary N) is 1. The third kappa shape index (κ3) is 6.51. The van der Waals surface area contributed by atoms with Gasteiger partial charge in [0.1, 0.15) is 0 Å². The predicted octanol–water partition coefficient (Wildman–Crippen LogP) is 4.12. The van der Waals surface area contributed by atoms with Gasteiger partial charge in [0.05, 0.1) is 6.54 Å². The van der Waals surface area contributed by atoms with Crippen LogP contribution in [0.5, 0.6) is 0 Å². The molecule has 168 valence electrons. The lowest BCUT2D eigenvalue weighted by molar-refractivity contribution is 0.0917. The van der Waals surface area contributed by atoms with Crippen LogP contribution in [0.4, 0.5) is 5.69 Å². The van der Waals surface area contributed by atoms with E-state index in [1.807, 2.05) is 6.08 Å². The molecule has 1 heterocycles. The summed E-state index contributed by atoms with van der Waals surface area (Å²) < 4.78 is 5.03. The first-order valence-corrected chi connectivity index (χ1v) is 12.4. The molecule has 5 nitrogen and oxygen atoms in total. The van der Waals surface area contributed by atoms with Crippen molar-refractivity contribution in [2.75, 3.05) is 37.5 Å². The number of anilines is 1. The topological polar surface area (TPSA) is 47.8 Å². The predicted molar refractivity (Wildman–Crippen MR) is 138 cm³/mol. The molecule has 1 unspecified atom stereocenters. The maximum absolute atomic E-state index is 4.62. The van der Waals surface area contributed by atoms with E-state index < -0.39 is 0 Å². The molecule has 2 aromatic rings. The van der Waals surface area contributed by atoms with E-state index in [0.29, 0.717) is 0 Å². The van der Waals surface area contributed by atoms with Crippen LogP contribution in [0.25, 0.3) is 6.08 Å². The second-order valence-corrected chi connectivity index (χ2v) is 9.63. The molecule has 1 saturated heterocycles. The third-order valence-electron chi connectivity index (χ3n) is 6.00.